The highest BCUT2D eigenvalue weighted by atomic mass is 16.3. The van der Waals surface area contributed by atoms with Gasteiger partial charge in [0.25, 0.3) is 0 Å². The fourth-order valence-corrected chi connectivity index (χ4v) is 6.95. The topological polar surface area (TPSA) is 110 Å². The van der Waals surface area contributed by atoms with Crippen LogP contribution in [0.2, 0.25) is 0 Å². The fourth-order valence-electron chi connectivity index (χ4n) is 6.95. The minimum Gasteiger partial charge on any atom is -0.392 e. The third-order valence-electron chi connectivity index (χ3n) is 8.85. The average molecular weight is 533 g/mol. The van der Waals surface area contributed by atoms with Crippen LogP contribution in [0, 0.1) is 0 Å². The lowest BCUT2D eigenvalue weighted by Gasteiger charge is -2.54. The Morgan fingerprint density at radius 1 is 1.13 bits per heavy atom. The van der Waals surface area contributed by atoms with Crippen LogP contribution in [0.5, 0.6) is 0 Å². The number of hydrogen-bond donors (Lipinski definition) is 3. The number of rotatable bonds is 5. The summed E-state index contributed by atoms with van der Waals surface area (Å²) in [6, 6.07) is 4.40. The van der Waals surface area contributed by atoms with Crippen molar-refractivity contribution in [2.45, 2.75) is 82.6 Å². The van der Waals surface area contributed by atoms with Gasteiger partial charge in [-0.05, 0) is 45.7 Å². The second-order valence-electron chi connectivity index (χ2n) is 11.8. The zero-order valence-electron chi connectivity index (χ0n) is 23.2. The van der Waals surface area contributed by atoms with Crippen LogP contribution in [0.4, 0.5) is 23.3 Å². The van der Waals surface area contributed by atoms with Crippen molar-refractivity contribution < 1.29 is 9.90 Å². The maximum Gasteiger partial charge on any atom is 0.246 e. The Kier molecular flexibility index (Phi) is 6.93. The van der Waals surface area contributed by atoms with Gasteiger partial charge in [-0.25, -0.2) is 9.97 Å². The number of carbonyl (C=O) groups excluding carboxylic acids is 1. The van der Waals surface area contributed by atoms with E-state index in [-0.39, 0.29) is 23.6 Å². The molecule has 2 saturated heterocycles. The summed E-state index contributed by atoms with van der Waals surface area (Å²) in [7, 11) is 0. The molecule has 4 aliphatic rings. The van der Waals surface area contributed by atoms with Gasteiger partial charge in [0.1, 0.15) is 17.7 Å². The predicted octanol–water partition coefficient (Wildman–Crippen LogP) is 2.93. The van der Waals surface area contributed by atoms with Crippen molar-refractivity contribution in [3.05, 3.63) is 36.2 Å². The van der Waals surface area contributed by atoms with Crippen LogP contribution < -0.4 is 20.4 Å². The van der Waals surface area contributed by atoms with Crippen molar-refractivity contribution in [3.8, 4) is 0 Å². The van der Waals surface area contributed by atoms with Crippen LogP contribution in [-0.2, 0) is 4.79 Å². The number of carbonyl (C=O) groups is 1. The molecule has 1 aliphatic carbocycles. The van der Waals surface area contributed by atoms with E-state index in [0.29, 0.717) is 36.9 Å². The highest BCUT2D eigenvalue weighted by Crippen LogP contribution is 2.43. The molecule has 5 heterocycles. The van der Waals surface area contributed by atoms with E-state index < -0.39 is 0 Å². The van der Waals surface area contributed by atoms with E-state index in [0.717, 1.165) is 55.8 Å². The van der Waals surface area contributed by atoms with Gasteiger partial charge in [-0.1, -0.05) is 31.4 Å². The van der Waals surface area contributed by atoms with Crippen LogP contribution in [0.1, 0.15) is 58.4 Å². The molecule has 2 aromatic rings. The molecule has 1 amide bonds. The van der Waals surface area contributed by atoms with Crippen LogP contribution in [0.25, 0.3) is 6.08 Å². The highest BCUT2D eigenvalue weighted by molar-refractivity contribution is 5.93. The molecule has 208 valence electrons. The summed E-state index contributed by atoms with van der Waals surface area (Å²) < 4.78 is 0. The van der Waals surface area contributed by atoms with Gasteiger partial charge in [-0.3, -0.25) is 9.69 Å². The van der Waals surface area contributed by atoms with E-state index in [2.05, 4.69) is 55.2 Å². The Balaban J connectivity index is 1.19. The lowest BCUT2D eigenvalue weighted by atomic mass is 9.77. The fraction of sp³-hybridized carbons (Fsp3) is 0.586. The van der Waals surface area contributed by atoms with Gasteiger partial charge in [-0.15, -0.1) is 0 Å². The minimum absolute atomic E-state index is 0.0359. The van der Waals surface area contributed by atoms with Crippen molar-refractivity contribution >= 4 is 35.3 Å². The van der Waals surface area contributed by atoms with Gasteiger partial charge in [0.05, 0.1) is 23.5 Å². The highest BCUT2D eigenvalue weighted by Gasteiger charge is 2.49. The van der Waals surface area contributed by atoms with Gasteiger partial charge < -0.3 is 25.5 Å². The first-order valence-corrected chi connectivity index (χ1v) is 14.4. The number of aliphatic hydroxyl groups excluding tert-OH is 1. The first-order chi connectivity index (χ1) is 18.8. The van der Waals surface area contributed by atoms with Crippen molar-refractivity contribution in [1.82, 2.24) is 25.2 Å². The van der Waals surface area contributed by atoms with Crippen LogP contribution in [0.3, 0.4) is 0 Å². The minimum atomic E-state index is -0.338. The molecule has 3 fully saturated rings. The van der Waals surface area contributed by atoms with E-state index in [4.69, 9.17) is 4.98 Å². The number of fused-ring (bicyclic) bond motifs is 4. The number of pyridine rings is 1. The summed E-state index contributed by atoms with van der Waals surface area (Å²) in [5, 5.41) is 16.3. The molecule has 0 bridgehead atoms. The molecule has 0 aromatic carbocycles. The first-order valence-electron chi connectivity index (χ1n) is 14.4. The molecule has 1 spiro atoms. The molecule has 2 aromatic heterocycles. The Bertz CT molecular complexity index is 1210. The molecular weight excluding hydrogens is 492 g/mol. The van der Waals surface area contributed by atoms with E-state index in [1.807, 2.05) is 37.5 Å². The van der Waals surface area contributed by atoms with E-state index in [1.54, 1.807) is 0 Å². The lowest BCUT2D eigenvalue weighted by molar-refractivity contribution is -0.123. The normalized spacial score (nSPS) is 27.1. The van der Waals surface area contributed by atoms with Gasteiger partial charge in [0.15, 0.2) is 0 Å². The molecule has 0 radical (unpaired) electrons. The third kappa shape index (κ3) is 4.96. The Morgan fingerprint density at radius 3 is 2.59 bits per heavy atom. The van der Waals surface area contributed by atoms with Crippen molar-refractivity contribution in [3.63, 3.8) is 0 Å². The van der Waals surface area contributed by atoms with Crippen molar-refractivity contribution in [2.75, 3.05) is 41.3 Å². The molecule has 3 aliphatic heterocycles. The molecule has 39 heavy (non-hydrogen) atoms. The molecule has 4 atom stereocenters. The number of aromatic nitrogens is 3. The summed E-state index contributed by atoms with van der Waals surface area (Å²) >= 11 is 0. The monoisotopic (exact) mass is 532 g/mol. The Morgan fingerprint density at radius 2 is 1.90 bits per heavy atom. The van der Waals surface area contributed by atoms with E-state index in [9.17, 15) is 9.90 Å². The van der Waals surface area contributed by atoms with E-state index >= 15 is 0 Å². The molecule has 4 unspecified atom stereocenters. The molecule has 1 saturated carbocycles. The summed E-state index contributed by atoms with van der Waals surface area (Å²) in [5.41, 5.74) is 1.92. The predicted molar refractivity (Wildman–Crippen MR) is 153 cm³/mol. The number of piperazine rings is 2. The van der Waals surface area contributed by atoms with Gasteiger partial charge in [-0.2, -0.15) is 4.98 Å². The lowest BCUT2D eigenvalue weighted by Crippen LogP contribution is -2.69. The van der Waals surface area contributed by atoms with Crippen LogP contribution in [-0.4, -0.2) is 86.8 Å². The number of aliphatic hydroxyl groups is 1. The molecule has 10 heteroatoms. The molecular formula is C29H40N8O2. The maximum absolute atomic E-state index is 12.8. The van der Waals surface area contributed by atoms with Gasteiger partial charge >= 0.3 is 0 Å². The summed E-state index contributed by atoms with van der Waals surface area (Å²) in [6.45, 7) is 9.41. The number of nitrogens with zero attached hydrogens (tertiary/aromatic N) is 6. The number of nitrogens with one attached hydrogen (secondary N) is 2. The number of β-amino-alcohol motifs (C(OH)–C–C–N with tert-alkyl or cyclic N) is 1. The largest absolute Gasteiger partial charge is 0.392 e. The molecule has 6 rings (SSSR count). The number of hydrogen-bond acceptors (Lipinski definition) is 9. The van der Waals surface area contributed by atoms with Gasteiger partial charge in [0.2, 0.25) is 11.9 Å². The zero-order chi connectivity index (χ0) is 27.1. The third-order valence-corrected chi connectivity index (χ3v) is 8.85. The number of anilines is 4. The summed E-state index contributed by atoms with van der Waals surface area (Å²) in [6.07, 6.45) is 13.0. The second kappa shape index (κ2) is 10.4. The van der Waals surface area contributed by atoms with Crippen molar-refractivity contribution in [1.29, 1.82) is 0 Å². The Hall–Kier alpha value is -3.24. The summed E-state index contributed by atoms with van der Waals surface area (Å²) in [4.78, 5) is 34.0. The second-order valence-corrected chi connectivity index (χ2v) is 11.8. The van der Waals surface area contributed by atoms with Crippen LogP contribution in [0.15, 0.2) is 30.6 Å². The SMILES string of the molecule is CC(O)CN1C(C)CN(c2ccc(Nc3ncc4c(n3)N3C(C=C4)C(=O)NCC34CCCCC4)nc2)CC1C. The molecule has 10 nitrogen and oxygen atoms in total. The zero-order valence-corrected chi connectivity index (χ0v) is 23.2. The average Bonchev–Trinajstić information content (AvgIpc) is 2.93. The quantitative estimate of drug-likeness (QED) is 0.535. The smallest absolute Gasteiger partial charge is 0.246 e. The van der Waals surface area contributed by atoms with Crippen LogP contribution >= 0.6 is 0 Å². The Labute approximate surface area is 230 Å². The van der Waals surface area contributed by atoms with E-state index in [1.165, 1.54) is 6.42 Å². The first kappa shape index (κ1) is 26.0. The van der Waals surface area contributed by atoms with Crippen molar-refractivity contribution in [2.24, 2.45) is 0 Å². The van der Waals surface area contributed by atoms with Gasteiger partial charge in [0, 0.05) is 50.0 Å². The molecule has 3 N–H and O–H groups in total. The maximum atomic E-state index is 12.8. The summed E-state index contributed by atoms with van der Waals surface area (Å²) in [5.74, 6) is 2.02. The standard InChI is InChI=1S/C29H40N8O2/c1-19-15-35(16-20(2)36(19)17-21(3)38)23-8-10-25(30-14-23)33-28-31-13-22-7-9-24-27(39)32-18-29(11-5-4-6-12-29)37(24)26(22)34-28/h7-10,13-14,19-21,24,38H,4-6,11-12,15-18H2,1-3H3,(H,32,39)(H,30,31,33,34). The number of amides is 1.